The highest BCUT2D eigenvalue weighted by Gasteiger charge is 2.26. The third-order valence-electron chi connectivity index (χ3n) is 4.94. The fraction of sp³-hybridized carbons (Fsp3) is 0.263. The van der Waals surface area contributed by atoms with E-state index in [9.17, 15) is 18.5 Å². The zero-order valence-electron chi connectivity index (χ0n) is 16.5. The number of urea groups is 1. The van der Waals surface area contributed by atoms with Gasteiger partial charge >= 0.3 is 6.03 Å². The lowest BCUT2D eigenvalue weighted by Gasteiger charge is -2.12. The molecule has 1 aliphatic heterocycles. The zero-order chi connectivity index (χ0) is 22.2. The number of nitrogens with zero attached hydrogens (tertiary/aromatic N) is 5. The maximum Gasteiger partial charge on any atom is 0.334 e. The molecule has 0 unspecified atom stereocenters. The lowest BCUT2D eigenvalue weighted by molar-refractivity contribution is 0.256. The van der Waals surface area contributed by atoms with E-state index in [2.05, 4.69) is 15.5 Å². The number of nitriles is 1. The first-order valence-electron chi connectivity index (χ1n) is 9.45. The van der Waals surface area contributed by atoms with Crippen LogP contribution < -0.4 is 10.0 Å². The highest BCUT2D eigenvalue weighted by atomic mass is 35.5. The topological polar surface area (TPSA) is 135 Å². The molecule has 1 aliphatic rings. The monoisotopic (exact) mass is 459 g/mol. The molecule has 2 amide bonds. The molecule has 160 valence electrons. The summed E-state index contributed by atoms with van der Waals surface area (Å²) in [5.74, 6) is 0.231. The zero-order valence-corrected chi connectivity index (χ0v) is 18.0. The standard InChI is InChI=1S/C19H18ClN7O3S/c1-12-6-2-3-8-15(12)31(29,30)25-19(28)23-17-13(10-21)11-22-27(17)18-16(20)14-7-4-5-9-26(14)24-18/h2-3,6,8,11H,4-5,7,9H2,1H3,(H2,23,25,28). The average Bonchev–Trinajstić information content (AvgIpc) is 3.28. The maximum atomic E-state index is 12.6. The third kappa shape index (κ3) is 3.87. The van der Waals surface area contributed by atoms with E-state index in [0.29, 0.717) is 17.1 Å². The van der Waals surface area contributed by atoms with Crippen LogP contribution in [0.2, 0.25) is 5.02 Å². The molecule has 0 bridgehead atoms. The van der Waals surface area contributed by atoms with Gasteiger partial charge in [0.15, 0.2) is 11.6 Å². The lowest BCUT2D eigenvalue weighted by atomic mass is 10.1. The number of carbonyl (C=O) groups excluding carboxylic acids is 1. The SMILES string of the molecule is Cc1ccccc1S(=O)(=O)NC(=O)Nc1c(C#N)cnn1-c1nn2c(c1Cl)CCCC2. The average molecular weight is 460 g/mol. The summed E-state index contributed by atoms with van der Waals surface area (Å²) in [5, 5.41) is 20.8. The smallest absolute Gasteiger partial charge is 0.290 e. The van der Waals surface area contributed by atoms with Crippen molar-refractivity contribution >= 4 is 33.5 Å². The lowest BCUT2D eigenvalue weighted by Crippen LogP contribution is -2.35. The predicted octanol–water partition coefficient (Wildman–Crippen LogP) is 2.75. The summed E-state index contributed by atoms with van der Waals surface area (Å²) < 4.78 is 30.1. The van der Waals surface area contributed by atoms with Gasteiger partial charge in [0.1, 0.15) is 16.7 Å². The number of nitrogens with one attached hydrogen (secondary N) is 2. The van der Waals surface area contributed by atoms with E-state index in [1.54, 1.807) is 29.8 Å². The van der Waals surface area contributed by atoms with Crippen molar-refractivity contribution in [2.24, 2.45) is 0 Å². The van der Waals surface area contributed by atoms with E-state index in [0.717, 1.165) is 25.0 Å². The number of amides is 2. The number of sulfonamides is 1. The van der Waals surface area contributed by atoms with Gasteiger partial charge in [-0.3, -0.25) is 10.00 Å². The molecule has 31 heavy (non-hydrogen) atoms. The minimum Gasteiger partial charge on any atom is -0.290 e. The molecule has 0 saturated heterocycles. The Morgan fingerprint density at radius 3 is 2.77 bits per heavy atom. The number of aryl methyl sites for hydroxylation is 2. The van der Waals surface area contributed by atoms with Crippen LogP contribution in [0.5, 0.6) is 0 Å². The maximum absolute atomic E-state index is 12.6. The predicted molar refractivity (Wildman–Crippen MR) is 113 cm³/mol. The molecule has 12 heteroatoms. The van der Waals surface area contributed by atoms with Gasteiger partial charge in [-0.2, -0.15) is 20.1 Å². The van der Waals surface area contributed by atoms with Crippen molar-refractivity contribution in [2.75, 3.05) is 5.32 Å². The number of carbonyl (C=O) groups is 1. The summed E-state index contributed by atoms with van der Waals surface area (Å²) in [5.41, 5.74) is 1.38. The first-order chi connectivity index (χ1) is 14.8. The molecule has 4 rings (SSSR count). The van der Waals surface area contributed by atoms with E-state index in [1.165, 1.54) is 16.9 Å². The van der Waals surface area contributed by atoms with Crippen LogP contribution in [0.4, 0.5) is 10.6 Å². The van der Waals surface area contributed by atoms with Crippen LogP contribution in [0, 0.1) is 18.3 Å². The Morgan fingerprint density at radius 2 is 2.06 bits per heavy atom. The van der Waals surface area contributed by atoms with Gasteiger partial charge in [-0.25, -0.2) is 17.9 Å². The van der Waals surface area contributed by atoms with Gasteiger partial charge in [0.25, 0.3) is 10.0 Å². The van der Waals surface area contributed by atoms with Crippen molar-refractivity contribution in [2.45, 2.75) is 37.6 Å². The highest BCUT2D eigenvalue weighted by Crippen LogP contribution is 2.31. The molecule has 2 N–H and O–H groups in total. The Balaban J connectivity index is 1.65. The Morgan fingerprint density at radius 1 is 1.29 bits per heavy atom. The van der Waals surface area contributed by atoms with E-state index in [1.807, 2.05) is 10.8 Å². The Bertz CT molecular complexity index is 1320. The fourth-order valence-corrected chi connectivity index (χ4v) is 4.92. The van der Waals surface area contributed by atoms with Gasteiger partial charge in [-0.15, -0.1) is 0 Å². The highest BCUT2D eigenvalue weighted by molar-refractivity contribution is 7.90. The van der Waals surface area contributed by atoms with Crippen LogP contribution in [0.1, 0.15) is 29.7 Å². The van der Waals surface area contributed by atoms with Crippen molar-refractivity contribution in [3.05, 3.63) is 52.3 Å². The molecule has 0 radical (unpaired) electrons. The van der Waals surface area contributed by atoms with Crippen LogP contribution in [0.3, 0.4) is 0 Å². The van der Waals surface area contributed by atoms with E-state index < -0.39 is 16.1 Å². The summed E-state index contributed by atoms with van der Waals surface area (Å²) in [6.45, 7) is 2.33. The quantitative estimate of drug-likeness (QED) is 0.615. The number of rotatable bonds is 4. The van der Waals surface area contributed by atoms with Crippen molar-refractivity contribution in [1.29, 1.82) is 5.26 Å². The van der Waals surface area contributed by atoms with Crippen LogP contribution in [-0.2, 0) is 23.0 Å². The summed E-state index contributed by atoms with van der Waals surface area (Å²) >= 11 is 6.49. The summed E-state index contributed by atoms with van der Waals surface area (Å²) in [6, 6.07) is 7.15. The Hall–Kier alpha value is -3.36. The number of benzene rings is 1. The largest absolute Gasteiger partial charge is 0.334 e. The molecular formula is C19H18ClN7O3S. The first-order valence-corrected chi connectivity index (χ1v) is 11.3. The number of hydrogen-bond acceptors (Lipinski definition) is 6. The van der Waals surface area contributed by atoms with Gasteiger partial charge in [0.05, 0.1) is 16.8 Å². The van der Waals surface area contributed by atoms with Crippen molar-refractivity contribution in [3.8, 4) is 11.9 Å². The second-order valence-electron chi connectivity index (χ2n) is 7.02. The van der Waals surface area contributed by atoms with Crippen molar-refractivity contribution in [3.63, 3.8) is 0 Å². The van der Waals surface area contributed by atoms with Crippen LogP contribution >= 0.6 is 11.6 Å². The van der Waals surface area contributed by atoms with Gasteiger partial charge < -0.3 is 0 Å². The number of hydrogen-bond donors (Lipinski definition) is 2. The second kappa shape index (κ2) is 8.05. The summed E-state index contributed by atoms with van der Waals surface area (Å²) in [4.78, 5) is 12.5. The van der Waals surface area contributed by atoms with Gasteiger partial charge in [-0.1, -0.05) is 29.8 Å². The van der Waals surface area contributed by atoms with Crippen LogP contribution in [-0.4, -0.2) is 34.0 Å². The molecule has 3 heterocycles. The van der Waals surface area contributed by atoms with Crippen LogP contribution in [0.25, 0.3) is 5.82 Å². The van der Waals surface area contributed by atoms with Crippen molar-refractivity contribution in [1.82, 2.24) is 24.3 Å². The molecule has 0 aliphatic carbocycles. The number of anilines is 1. The molecule has 0 saturated carbocycles. The minimum absolute atomic E-state index is 0.0241. The minimum atomic E-state index is -4.12. The number of fused-ring (bicyclic) bond motifs is 1. The molecule has 1 aromatic carbocycles. The molecule has 2 aromatic heterocycles. The normalized spacial score (nSPS) is 13.3. The molecule has 10 nitrogen and oxygen atoms in total. The summed E-state index contributed by atoms with van der Waals surface area (Å²) in [7, 11) is -4.12. The third-order valence-corrected chi connectivity index (χ3v) is 6.82. The van der Waals surface area contributed by atoms with Crippen LogP contribution in [0.15, 0.2) is 35.4 Å². The van der Waals surface area contributed by atoms with E-state index in [4.69, 9.17) is 11.6 Å². The summed E-state index contributed by atoms with van der Waals surface area (Å²) in [6.07, 6.45) is 3.96. The Kier molecular flexibility index (Phi) is 5.43. The molecular weight excluding hydrogens is 442 g/mol. The Labute approximate surface area is 183 Å². The number of halogens is 1. The molecule has 0 fully saturated rings. The van der Waals surface area contributed by atoms with E-state index in [-0.39, 0.29) is 22.1 Å². The van der Waals surface area contributed by atoms with Gasteiger partial charge in [0.2, 0.25) is 0 Å². The fourth-order valence-electron chi connectivity index (χ4n) is 3.45. The van der Waals surface area contributed by atoms with Gasteiger partial charge in [0, 0.05) is 6.54 Å². The molecule has 0 spiro atoms. The number of aromatic nitrogens is 4. The van der Waals surface area contributed by atoms with Crippen molar-refractivity contribution < 1.29 is 13.2 Å². The molecule has 3 aromatic rings. The van der Waals surface area contributed by atoms with Gasteiger partial charge in [-0.05, 0) is 37.8 Å². The second-order valence-corrected chi connectivity index (χ2v) is 9.05. The molecule has 0 atom stereocenters. The van der Waals surface area contributed by atoms with E-state index >= 15 is 0 Å². The first kappa shape index (κ1) is 20.9.